The van der Waals surface area contributed by atoms with E-state index < -0.39 is 0 Å². The number of guanidine groups is 1. The Morgan fingerprint density at radius 3 is 2.62 bits per heavy atom. The zero-order chi connectivity index (χ0) is 17.6. The number of aromatic nitrogens is 1. The molecular formula is C20H30IN5. The van der Waals surface area contributed by atoms with E-state index >= 15 is 0 Å². The molecule has 1 fully saturated rings. The average molecular weight is 467 g/mol. The summed E-state index contributed by atoms with van der Waals surface area (Å²) < 4.78 is 0. The first-order valence-electron chi connectivity index (χ1n) is 9.20. The van der Waals surface area contributed by atoms with Gasteiger partial charge in [-0.25, -0.2) is 4.98 Å². The lowest BCUT2D eigenvalue weighted by atomic mass is 9.96. The summed E-state index contributed by atoms with van der Waals surface area (Å²) in [5, 5.41) is 8.25. The Kier molecular flexibility index (Phi) is 7.93. The molecule has 5 nitrogen and oxygen atoms in total. The number of hydrogen-bond acceptors (Lipinski definition) is 3. The summed E-state index contributed by atoms with van der Waals surface area (Å²) in [5.74, 6) is 1.87. The fourth-order valence-electron chi connectivity index (χ4n) is 3.42. The normalized spacial score (nSPS) is 15.4. The number of aliphatic imine (C=N–C) groups is 1. The van der Waals surface area contributed by atoms with Crippen LogP contribution in [0, 0.1) is 0 Å². The van der Waals surface area contributed by atoms with E-state index in [0.717, 1.165) is 23.8 Å². The fourth-order valence-corrected chi connectivity index (χ4v) is 3.42. The summed E-state index contributed by atoms with van der Waals surface area (Å²) >= 11 is 0. The van der Waals surface area contributed by atoms with Crippen LogP contribution in [0.15, 0.2) is 35.3 Å². The SMILES string of the molecule is CN=C(NCc1cc(N(C)C)nc2ccccc12)NC1CCCCC1.I. The van der Waals surface area contributed by atoms with Crippen molar-refractivity contribution in [1.29, 1.82) is 0 Å². The number of rotatable bonds is 4. The smallest absolute Gasteiger partial charge is 0.191 e. The van der Waals surface area contributed by atoms with Crippen molar-refractivity contribution in [1.82, 2.24) is 15.6 Å². The van der Waals surface area contributed by atoms with E-state index in [4.69, 9.17) is 4.98 Å². The highest BCUT2D eigenvalue weighted by molar-refractivity contribution is 14.0. The molecule has 0 spiro atoms. The molecule has 1 aromatic carbocycles. The summed E-state index contributed by atoms with van der Waals surface area (Å²) in [6.45, 7) is 0.732. The lowest BCUT2D eigenvalue weighted by Gasteiger charge is -2.25. The maximum atomic E-state index is 4.73. The van der Waals surface area contributed by atoms with Crippen molar-refractivity contribution < 1.29 is 0 Å². The van der Waals surface area contributed by atoms with E-state index in [-0.39, 0.29) is 24.0 Å². The first-order chi connectivity index (χ1) is 12.2. The third kappa shape index (κ3) is 5.22. The maximum absolute atomic E-state index is 4.73. The summed E-state index contributed by atoms with van der Waals surface area (Å²) in [6.07, 6.45) is 6.47. The van der Waals surface area contributed by atoms with Crippen molar-refractivity contribution >= 4 is 46.7 Å². The minimum absolute atomic E-state index is 0. The molecule has 0 radical (unpaired) electrons. The lowest BCUT2D eigenvalue weighted by molar-refractivity contribution is 0.410. The molecule has 0 unspecified atom stereocenters. The van der Waals surface area contributed by atoms with E-state index in [2.05, 4.69) is 39.9 Å². The van der Waals surface area contributed by atoms with Crippen molar-refractivity contribution in [3.63, 3.8) is 0 Å². The van der Waals surface area contributed by atoms with Crippen LogP contribution in [-0.2, 0) is 6.54 Å². The van der Waals surface area contributed by atoms with Gasteiger partial charge in [0.1, 0.15) is 5.82 Å². The molecule has 26 heavy (non-hydrogen) atoms. The van der Waals surface area contributed by atoms with E-state index in [1.165, 1.54) is 43.1 Å². The predicted molar refractivity (Wildman–Crippen MR) is 122 cm³/mol. The molecule has 1 aliphatic carbocycles. The largest absolute Gasteiger partial charge is 0.363 e. The highest BCUT2D eigenvalue weighted by atomic mass is 127. The quantitative estimate of drug-likeness (QED) is 0.407. The van der Waals surface area contributed by atoms with E-state index in [9.17, 15) is 0 Å². The first kappa shape index (κ1) is 20.7. The number of hydrogen-bond donors (Lipinski definition) is 2. The predicted octanol–water partition coefficient (Wildman–Crippen LogP) is 3.92. The van der Waals surface area contributed by atoms with Crippen molar-refractivity contribution in [3.8, 4) is 0 Å². The van der Waals surface area contributed by atoms with Gasteiger partial charge in [0.05, 0.1) is 5.52 Å². The molecule has 6 heteroatoms. The zero-order valence-electron chi connectivity index (χ0n) is 16.0. The van der Waals surface area contributed by atoms with Crippen LogP contribution in [0.4, 0.5) is 5.82 Å². The van der Waals surface area contributed by atoms with E-state index in [1.807, 2.05) is 32.1 Å². The average Bonchev–Trinajstić information content (AvgIpc) is 2.65. The number of fused-ring (bicyclic) bond motifs is 1. The van der Waals surface area contributed by atoms with E-state index in [0.29, 0.717) is 6.04 Å². The summed E-state index contributed by atoms with van der Waals surface area (Å²) in [6, 6.07) is 11.0. The number of pyridine rings is 1. The Hall–Kier alpha value is -1.57. The molecule has 1 heterocycles. The number of nitrogens with one attached hydrogen (secondary N) is 2. The number of halogens is 1. The Morgan fingerprint density at radius 2 is 1.92 bits per heavy atom. The van der Waals surface area contributed by atoms with Gasteiger partial charge in [-0.15, -0.1) is 24.0 Å². The molecule has 0 amide bonds. The van der Waals surface area contributed by atoms with Crippen LogP contribution in [0.5, 0.6) is 0 Å². The second-order valence-electron chi connectivity index (χ2n) is 6.96. The van der Waals surface area contributed by atoms with Gasteiger partial charge in [0, 0.05) is 39.1 Å². The first-order valence-corrected chi connectivity index (χ1v) is 9.20. The van der Waals surface area contributed by atoms with Gasteiger partial charge in [-0.3, -0.25) is 4.99 Å². The molecule has 0 atom stereocenters. The summed E-state index contributed by atoms with van der Waals surface area (Å²) in [7, 11) is 5.89. The van der Waals surface area contributed by atoms with Crippen LogP contribution >= 0.6 is 24.0 Å². The van der Waals surface area contributed by atoms with Crippen LogP contribution < -0.4 is 15.5 Å². The van der Waals surface area contributed by atoms with Gasteiger partial charge < -0.3 is 15.5 Å². The number of anilines is 1. The standard InChI is InChI=1S/C20H29N5.HI/c1-21-20(23-16-9-5-4-6-10-16)22-14-15-13-19(25(2)3)24-18-12-8-7-11-17(15)18;/h7-8,11-13,16H,4-6,9-10,14H2,1-3H3,(H2,21,22,23);1H. The zero-order valence-corrected chi connectivity index (χ0v) is 18.3. The van der Waals surface area contributed by atoms with Crippen LogP contribution in [0.3, 0.4) is 0 Å². The molecule has 1 aliphatic rings. The van der Waals surface area contributed by atoms with Gasteiger partial charge in [0.25, 0.3) is 0 Å². The van der Waals surface area contributed by atoms with Crippen molar-refractivity contribution in [3.05, 3.63) is 35.9 Å². The third-order valence-corrected chi connectivity index (χ3v) is 4.86. The molecule has 2 aromatic rings. The minimum Gasteiger partial charge on any atom is -0.363 e. The van der Waals surface area contributed by atoms with Gasteiger partial charge >= 0.3 is 0 Å². The second-order valence-corrected chi connectivity index (χ2v) is 6.96. The molecule has 142 valence electrons. The summed E-state index contributed by atoms with van der Waals surface area (Å²) in [4.78, 5) is 11.2. The Bertz CT molecular complexity index is 738. The number of benzene rings is 1. The molecule has 3 rings (SSSR count). The minimum atomic E-state index is 0. The van der Waals surface area contributed by atoms with Gasteiger partial charge in [-0.05, 0) is 30.5 Å². The fraction of sp³-hybridized carbons (Fsp3) is 0.500. The molecule has 0 saturated heterocycles. The van der Waals surface area contributed by atoms with Gasteiger partial charge in [0.2, 0.25) is 0 Å². The molecule has 1 saturated carbocycles. The maximum Gasteiger partial charge on any atom is 0.191 e. The Balaban J connectivity index is 0.00000243. The second kappa shape index (κ2) is 9.94. The van der Waals surface area contributed by atoms with Gasteiger partial charge in [-0.1, -0.05) is 37.5 Å². The highest BCUT2D eigenvalue weighted by Gasteiger charge is 2.15. The third-order valence-electron chi connectivity index (χ3n) is 4.86. The highest BCUT2D eigenvalue weighted by Crippen LogP contribution is 2.22. The Morgan fingerprint density at radius 1 is 1.19 bits per heavy atom. The van der Waals surface area contributed by atoms with Crippen LogP contribution in [-0.4, -0.2) is 38.1 Å². The van der Waals surface area contributed by atoms with Gasteiger partial charge in [0.15, 0.2) is 5.96 Å². The van der Waals surface area contributed by atoms with Crippen molar-refractivity contribution in [2.45, 2.75) is 44.7 Å². The number of nitrogens with zero attached hydrogens (tertiary/aromatic N) is 3. The molecule has 0 aliphatic heterocycles. The molecule has 2 N–H and O–H groups in total. The summed E-state index contributed by atoms with van der Waals surface area (Å²) in [5.41, 5.74) is 2.27. The monoisotopic (exact) mass is 467 g/mol. The topological polar surface area (TPSA) is 52.6 Å². The van der Waals surface area contributed by atoms with Crippen LogP contribution in [0.25, 0.3) is 10.9 Å². The molecular weight excluding hydrogens is 437 g/mol. The van der Waals surface area contributed by atoms with E-state index in [1.54, 1.807) is 0 Å². The Labute approximate surface area is 173 Å². The van der Waals surface area contributed by atoms with Gasteiger partial charge in [-0.2, -0.15) is 0 Å². The number of para-hydroxylation sites is 1. The molecule has 1 aromatic heterocycles. The molecule has 0 bridgehead atoms. The lowest BCUT2D eigenvalue weighted by Crippen LogP contribution is -2.43. The van der Waals surface area contributed by atoms with Crippen LogP contribution in [0.2, 0.25) is 0 Å². The van der Waals surface area contributed by atoms with Crippen molar-refractivity contribution in [2.24, 2.45) is 4.99 Å². The van der Waals surface area contributed by atoms with Crippen molar-refractivity contribution in [2.75, 3.05) is 26.0 Å². The van der Waals surface area contributed by atoms with Crippen LogP contribution in [0.1, 0.15) is 37.7 Å².